The fourth-order valence-electron chi connectivity index (χ4n) is 2.56. The van der Waals surface area contributed by atoms with Crippen molar-refractivity contribution in [3.8, 4) is 5.69 Å². The van der Waals surface area contributed by atoms with Gasteiger partial charge in [-0.15, -0.1) is 0 Å². The topological polar surface area (TPSA) is 60.4 Å². The summed E-state index contributed by atoms with van der Waals surface area (Å²) in [6, 6.07) is 14.7. The molecule has 0 bridgehead atoms. The molecule has 1 heterocycles. The summed E-state index contributed by atoms with van der Waals surface area (Å²) >= 11 is 5.93. The van der Waals surface area contributed by atoms with Gasteiger partial charge in [-0.1, -0.05) is 11.6 Å². The lowest BCUT2D eigenvalue weighted by molar-refractivity contribution is -0.385. The first-order valence-corrected chi connectivity index (χ1v) is 8.06. The molecule has 0 unspecified atom stereocenters. The lowest BCUT2D eigenvalue weighted by Crippen LogP contribution is -1.97. The van der Waals surface area contributed by atoms with Crippen LogP contribution in [-0.2, 0) is 0 Å². The predicted octanol–water partition coefficient (Wildman–Crippen LogP) is 5.41. The third kappa shape index (κ3) is 3.61. The Morgan fingerprint density at radius 3 is 2.56 bits per heavy atom. The van der Waals surface area contributed by atoms with Crippen LogP contribution in [-0.4, -0.2) is 15.7 Å². The zero-order chi connectivity index (χ0) is 18.0. The van der Waals surface area contributed by atoms with E-state index in [2.05, 4.69) is 4.99 Å². The average molecular weight is 354 g/mol. The van der Waals surface area contributed by atoms with E-state index in [-0.39, 0.29) is 10.6 Å². The summed E-state index contributed by atoms with van der Waals surface area (Å²) in [5.41, 5.74) is 3.96. The molecule has 1 aromatic heterocycles. The van der Waals surface area contributed by atoms with Crippen molar-refractivity contribution in [3.05, 3.63) is 86.7 Å². The third-order valence-corrected chi connectivity index (χ3v) is 4.30. The van der Waals surface area contributed by atoms with E-state index in [1.165, 1.54) is 6.07 Å². The second kappa shape index (κ2) is 6.91. The number of nitro groups is 1. The highest BCUT2D eigenvalue weighted by molar-refractivity contribution is 6.30. The van der Waals surface area contributed by atoms with Gasteiger partial charge in [0, 0.05) is 28.5 Å². The van der Waals surface area contributed by atoms with Gasteiger partial charge in [0.15, 0.2) is 0 Å². The molecule has 126 valence electrons. The molecule has 2 aromatic carbocycles. The summed E-state index contributed by atoms with van der Waals surface area (Å²) in [5, 5.41) is 11.8. The quantitative estimate of drug-likeness (QED) is 0.358. The number of benzene rings is 2. The van der Waals surface area contributed by atoms with Crippen LogP contribution in [0.4, 0.5) is 11.4 Å². The minimum atomic E-state index is -0.377. The molecule has 0 aliphatic rings. The zero-order valence-corrected chi connectivity index (χ0v) is 14.6. The monoisotopic (exact) mass is 353 g/mol. The van der Waals surface area contributed by atoms with E-state index in [9.17, 15) is 10.1 Å². The molecule has 3 aromatic rings. The van der Waals surface area contributed by atoms with E-state index in [1.54, 1.807) is 13.1 Å². The van der Waals surface area contributed by atoms with Gasteiger partial charge in [-0.2, -0.15) is 0 Å². The molecule has 25 heavy (non-hydrogen) atoms. The number of hydrogen-bond acceptors (Lipinski definition) is 3. The number of halogens is 1. The van der Waals surface area contributed by atoms with Crippen LogP contribution in [0.5, 0.6) is 0 Å². The van der Waals surface area contributed by atoms with Crippen molar-refractivity contribution in [2.24, 2.45) is 4.99 Å². The first-order chi connectivity index (χ1) is 12.0. The second-order valence-electron chi connectivity index (χ2n) is 5.70. The van der Waals surface area contributed by atoms with Gasteiger partial charge in [-0.3, -0.25) is 15.1 Å². The smallest absolute Gasteiger partial charge is 0.274 e. The summed E-state index contributed by atoms with van der Waals surface area (Å²) in [6.45, 7) is 3.59. The normalized spacial score (nSPS) is 11.2. The first kappa shape index (κ1) is 16.9. The minimum absolute atomic E-state index is 0.0835. The molecule has 0 N–H and O–H groups in total. The van der Waals surface area contributed by atoms with E-state index in [0.29, 0.717) is 16.3 Å². The Balaban J connectivity index is 1.95. The maximum absolute atomic E-state index is 11.2. The number of aromatic nitrogens is 1. The number of nitrogens with zero attached hydrogens (tertiary/aromatic N) is 3. The first-order valence-electron chi connectivity index (χ1n) is 7.69. The van der Waals surface area contributed by atoms with Gasteiger partial charge in [0.2, 0.25) is 0 Å². The Kier molecular flexibility index (Phi) is 4.67. The molecule has 0 saturated carbocycles. The summed E-state index contributed by atoms with van der Waals surface area (Å²) < 4.78 is 1.97. The van der Waals surface area contributed by atoms with Crippen LogP contribution in [0.3, 0.4) is 0 Å². The van der Waals surface area contributed by atoms with Gasteiger partial charge < -0.3 is 4.57 Å². The number of aliphatic imine (C=N–C) groups is 1. The Labute approximate surface area is 150 Å². The molecule has 3 rings (SSSR count). The molecule has 0 aliphatic carbocycles. The number of nitro benzene ring substituents is 1. The summed E-state index contributed by atoms with van der Waals surface area (Å²) in [4.78, 5) is 15.2. The summed E-state index contributed by atoms with van der Waals surface area (Å²) in [5.74, 6) is 0. The van der Waals surface area contributed by atoms with Crippen LogP contribution in [0.15, 0.2) is 59.7 Å². The lowest BCUT2D eigenvalue weighted by Gasteiger charge is -2.06. The number of rotatable bonds is 4. The highest BCUT2D eigenvalue weighted by Gasteiger charge is 2.13. The fraction of sp³-hybridized carbons (Fsp3) is 0.105. The lowest BCUT2D eigenvalue weighted by atomic mass is 10.1. The predicted molar refractivity (Wildman–Crippen MR) is 101 cm³/mol. The van der Waals surface area contributed by atoms with Crippen molar-refractivity contribution in [1.82, 2.24) is 4.57 Å². The maximum atomic E-state index is 11.2. The van der Waals surface area contributed by atoms with E-state index in [0.717, 1.165) is 16.9 Å². The van der Waals surface area contributed by atoms with E-state index < -0.39 is 0 Å². The molecule has 0 atom stereocenters. The summed E-state index contributed by atoms with van der Waals surface area (Å²) in [6.07, 6.45) is 3.62. The molecule has 0 saturated heterocycles. The largest absolute Gasteiger partial charge is 0.316 e. The molecule has 0 amide bonds. The van der Waals surface area contributed by atoms with Crippen molar-refractivity contribution >= 4 is 29.2 Å². The van der Waals surface area contributed by atoms with Gasteiger partial charge in [-0.05, 0) is 61.9 Å². The third-order valence-electron chi connectivity index (χ3n) is 4.05. The van der Waals surface area contributed by atoms with Gasteiger partial charge in [-0.25, -0.2) is 0 Å². The van der Waals surface area contributed by atoms with Crippen molar-refractivity contribution < 1.29 is 4.92 Å². The molecule has 5 nitrogen and oxygen atoms in total. The van der Waals surface area contributed by atoms with Gasteiger partial charge in [0.25, 0.3) is 5.69 Å². The molecule has 0 spiro atoms. The van der Waals surface area contributed by atoms with Crippen LogP contribution < -0.4 is 0 Å². The standard InChI is InChI=1S/C19H16ClN3O2/c1-13-10-16(11-19(14(13)2)23(24)25)21-12-18-4-3-9-22(18)17-7-5-15(20)6-8-17/h3-12H,1-2H3. The Bertz CT molecular complexity index is 959. The van der Waals surface area contributed by atoms with Crippen molar-refractivity contribution in [2.75, 3.05) is 0 Å². The summed E-state index contributed by atoms with van der Waals surface area (Å²) in [7, 11) is 0. The number of hydrogen-bond donors (Lipinski definition) is 0. The number of aryl methyl sites for hydroxylation is 1. The molecule has 0 aliphatic heterocycles. The van der Waals surface area contributed by atoms with Crippen LogP contribution in [0.1, 0.15) is 16.8 Å². The molecular weight excluding hydrogens is 338 g/mol. The molecular formula is C19H16ClN3O2. The highest BCUT2D eigenvalue weighted by Crippen LogP contribution is 2.27. The Morgan fingerprint density at radius 1 is 1.16 bits per heavy atom. The van der Waals surface area contributed by atoms with Crippen LogP contribution >= 0.6 is 11.6 Å². The Morgan fingerprint density at radius 2 is 1.88 bits per heavy atom. The van der Waals surface area contributed by atoms with Crippen LogP contribution in [0.25, 0.3) is 5.69 Å². The van der Waals surface area contributed by atoms with Crippen molar-refractivity contribution in [2.45, 2.75) is 13.8 Å². The minimum Gasteiger partial charge on any atom is -0.316 e. The Hall–Kier alpha value is -2.92. The van der Waals surface area contributed by atoms with Crippen LogP contribution in [0, 0.1) is 24.0 Å². The van der Waals surface area contributed by atoms with Gasteiger partial charge in [0.05, 0.1) is 22.5 Å². The van der Waals surface area contributed by atoms with Crippen molar-refractivity contribution in [1.29, 1.82) is 0 Å². The fourth-order valence-corrected chi connectivity index (χ4v) is 2.69. The van der Waals surface area contributed by atoms with Gasteiger partial charge >= 0.3 is 0 Å². The van der Waals surface area contributed by atoms with Crippen LogP contribution in [0.2, 0.25) is 5.02 Å². The van der Waals surface area contributed by atoms with E-state index >= 15 is 0 Å². The highest BCUT2D eigenvalue weighted by atomic mass is 35.5. The SMILES string of the molecule is Cc1cc(N=Cc2cccn2-c2ccc(Cl)cc2)cc([N+](=O)[O-])c1C. The average Bonchev–Trinajstić information content (AvgIpc) is 3.04. The van der Waals surface area contributed by atoms with E-state index in [4.69, 9.17) is 11.6 Å². The molecule has 0 fully saturated rings. The molecule has 6 heteroatoms. The molecule has 0 radical (unpaired) electrons. The van der Waals surface area contributed by atoms with E-state index in [1.807, 2.05) is 60.2 Å². The maximum Gasteiger partial charge on any atom is 0.274 e. The second-order valence-corrected chi connectivity index (χ2v) is 6.14. The van der Waals surface area contributed by atoms with Gasteiger partial charge in [0.1, 0.15) is 0 Å². The van der Waals surface area contributed by atoms with Crippen molar-refractivity contribution in [3.63, 3.8) is 0 Å². The zero-order valence-electron chi connectivity index (χ0n) is 13.8.